The summed E-state index contributed by atoms with van der Waals surface area (Å²) in [4.78, 5) is 28.9. The summed E-state index contributed by atoms with van der Waals surface area (Å²) in [6.45, 7) is 3.21. The van der Waals surface area contributed by atoms with E-state index >= 15 is 0 Å². The Bertz CT molecular complexity index is 1480. The fourth-order valence-corrected chi connectivity index (χ4v) is 7.05. The third kappa shape index (κ3) is 7.85. The number of hydrogen-bond acceptors (Lipinski definition) is 4. The zero-order valence-electron chi connectivity index (χ0n) is 23.9. The molecule has 42 heavy (non-hydrogen) atoms. The van der Waals surface area contributed by atoms with E-state index in [0.717, 1.165) is 47.5 Å². The molecule has 10 heteroatoms. The van der Waals surface area contributed by atoms with Gasteiger partial charge in [-0.25, -0.2) is 8.42 Å². The molecule has 1 saturated carbocycles. The van der Waals surface area contributed by atoms with Crippen LogP contribution in [0.25, 0.3) is 0 Å². The number of hydrogen-bond donors (Lipinski definition) is 1. The normalized spacial score (nSPS) is 14.7. The molecule has 0 bridgehead atoms. The number of aryl methyl sites for hydroxylation is 1. The molecule has 1 unspecified atom stereocenters. The van der Waals surface area contributed by atoms with Crippen LogP contribution in [0.1, 0.15) is 50.2 Å². The van der Waals surface area contributed by atoms with Gasteiger partial charge in [0.25, 0.3) is 10.0 Å². The van der Waals surface area contributed by atoms with Crippen LogP contribution in [0.15, 0.2) is 77.7 Å². The third-order valence-electron chi connectivity index (χ3n) is 7.69. The number of carbonyl (C=O) groups excluding carboxylic acids is 2. The summed E-state index contributed by atoms with van der Waals surface area (Å²) in [6, 6.07) is 19.9. The van der Waals surface area contributed by atoms with Crippen molar-refractivity contribution in [2.75, 3.05) is 17.4 Å². The van der Waals surface area contributed by atoms with E-state index in [1.54, 1.807) is 31.2 Å². The second kappa shape index (κ2) is 14.4. The van der Waals surface area contributed by atoms with Crippen molar-refractivity contribution in [3.8, 4) is 0 Å². The topological polar surface area (TPSA) is 86.8 Å². The molecular formula is C32H37Cl2N3O4S. The van der Waals surface area contributed by atoms with Gasteiger partial charge in [-0.1, -0.05) is 96.6 Å². The number of anilines is 1. The van der Waals surface area contributed by atoms with Gasteiger partial charge in [0, 0.05) is 12.6 Å². The van der Waals surface area contributed by atoms with Gasteiger partial charge in [0.05, 0.1) is 20.6 Å². The van der Waals surface area contributed by atoms with Crippen LogP contribution in [0.3, 0.4) is 0 Å². The Morgan fingerprint density at radius 2 is 1.60 bits per heavy atom. The number of halogens is 2. The van der Waals surface area contributed by atoms with Crippen molar-refractivity contribution < 1.29 is 18.0 Å². The number of nitrogens with one attached hydrogen (secondary N) is 1. The Balaban J connectivity index is 1.67. The first kappa shape index (κ1) is 31.9. The van der Waals surface area contributed by atoms with E-state index in [4.69, 9.17) is 23.2 Å². The van der Waals surface area contributed by atoms with Crippen molar-refractivity contribution in [1.29, 1.82) is 0 Å². The minimum absolute atomic E-state index is 0.0101. The highest BCUT2D eigenvalue weighted by Gasteiger charge is 2.34. The number of sulfonamides is 1. The number of rotatable bonds is 11. The molecule has 3 aromatic carbocycles. The maximum Gasteiger partial charge on any atom is 0.264 e. The molecule has 0 aliphatic heterocycles. The van der Waals surface area contributed by atoms with E-state index in [2.05, 4.69) is 5.32 Å². The Morgan fingerprint density at radius 1 is 0.929 bits per heavy atom. The maximum atomic E-state index is 14.1. The lowest BCUT2D eigenvalue weighted by molar-refractivity contribution is -0.139. The molecule has 1 aliphatic rings. The molecule has 1 atom stereocenters. The highest BCUT2D eigenvalue weighted by molar-refractivity contribution is 7.92. The van der Waals surface area contributed by atoms with Crippen molar-refractivity contribution in [1.82, 2.24) is 10.2 Å². The van der Waals surface area contributed by atoms with Gasteiger partial charge in [-0.15, -0.1) is 0 Å². The van der Waals surface area contributed by atoms with Gasteiger partial charge in [0.2, 0.25) is 11.8 Å². The van der Waals surface area contributed by atoms with Gasteiger partial charge in [-0.2, -0.15) is 0 Å². The largest absolute Gasteiger partial charge is 0.352 e. The lowest BCUT2D eigenvalue weighted by Gasteiger charge is -2.33. The summed E-state index contributed by atoms with van der Waals surface area (Å²) in [5.74, 6) is -0.777. The molecule has 0 saturated heterocycles. The molecule has 0 spiro atoms. The highest BCUT2D eigenvalue weighted by atomic mass is 35.5. The molecule has 0 aromatic heterocycles. The first-order chi connectivity index (χ1) is 20.1. The van der Waals surface area contributed by atoms with E-state index in [-0.39, 0.29) is 39.1 Å². The third-order valence-corrected chi connectivity index (χ3v) is 10.3. The van der Waals surface area contributed by atoms with Gasteiger partial charge in [0.1, 0.15) is 12.6 Å². The van der Waals surface area contributed by atoms with E-state index in [1.807, 2.05) is 37.3 Å². The lowest BCUT2D eigenvalue weighted by atomic mass is 9.95. The van der Waals surface area contributed by atoms with Crippen molar-refractivity contribution in [3.63, 3.8) is 0 Å². The SMILES string of the molecule is Cc1ccc(S(=O)(=O)N(CC(=O)N(CCc2ccccc2)C(C)C(=O)NC2CCCCC2)c2cccc(Cl)c2Cl)cc1. The minimum Gasteiger partial charge on any atom is -0.352 e. The van der Waals surface area contributed by atoms with Crippen molar-refractivity contribution >= 4 is 50.7 Å². The van der Waals surface area contributed by atoms with Gasteiger partial charge in [-0.05, 0) is 62.9 Å². The van der Waals surface area contributed by atoms with Gasteiger partial charge in [-0.3, -0.25) is 13.9 Å². The Hall–Kier alpha value is -3.07. The van der Waals surface area contributed by atoms with Gasteiger partial charge in [0.15, 0.2) is 0 Å². The van der Waals surface area contributed by atoms with E-state index in [0.29, 0.717) is 6.42 Å². The summed E-state index contributed by atoms with van der Waals surface area (Å²) in [5.41, 5.74) is 1.97. The molecule has 0 heterocycles. The zero-order valence-corrected chi connectivity index (χ0v) is 26.3. The summed E-state index contributed by atoms with van der Waals surface area (Å²) >= 11 is 12.8. The number of benzene rings is 3. The summed E-state index contributed by atoms with van der Waals surface area (Å²) in [6.07, 6.45) is 5.58. The molecule has 1 fully saturated rings. The van der Waals surface area contributed by atoms with Crippen LogP contribution in [0.5, 0.6) is 0 Å². The Kier molecular flexibility index (Phi) is 10.9. The maximum absolute atomic E-state index is 14.1. The van der Waals surface area contributed by atoms with Crippen LogP contribution in [-0.2, 0) is 26.0 Å². The molecule has 1 aliphatic carbocycles. The standard InChI is InChI=1S/C32H37Cl2N3O4S/c1-23-16-18-27(19-17-23)42(40,41)37(29-15-9-14-28(33)31(29)34)22-30(38)36(21-20-25-10-5-3-6-11-25)24(2)32(39)35-26-12-7-4-8-13-26/h3,5-6,9-11,14-19,24,26H,4,7-8,12-13,20-22H2,1-2H3,(H,35,39). The Labute approximate surface area is 258 Å². The first-order valence-corrected chi connectivity index (χ1v) is 16.4. The average Bonchev–Trinajstić information content (AvgIpc) is 2.98. The quantitative estimate of drug-likeness (QED) is 0.266. The van der Waals surface area contributed by atoms with Crippen molar-refractivity contribution in [2.24, 2.45) is 0 Å². The van der Waals surface area contributed by atoms with E-state index < -0.39 is 28.5 Å². The predicted molar refractivity (Wildman–Crippen MR) is 169 cm³/mol. The molecule has 4 rings (SSSR count). The number of nitrogens with zero attached hydrogens (tertiary/aromatic N) is 2. The molecule has 3 aromatic rings. The monoisotopic (exact) mass is 629 g/mol. The molecule has 2 amide bonds. The molecule has 0 radical (unpaired) electrons. The van der Waals surface area contributed by atoms with E-state index in [1.165, 1.54) is 23.1 Å². The van der Waals surface area contributed by atoms with Gasteiger partial charge >= 0.3 is 0 Å². The molecule has 1 N–H and O–H groups in total. The van der Waals surface area contributed by atoms with E-state index in [9.17, 15) is 18.0 Å². The second-order valence-corrected chi connectivity index (χ2v) is 13.4. The van der Waals surface area contributed by atoms with Crippen LogP contribution in [0, 0.1) is 6.92 Å². The second-order valence-electron chi connectivity index (χ2n) is 10.7. The Morgan fingerprint density at radius 3 is 2.26 bits per heavy atom. The zero-order chi connectivity index (χ0) is 30.3. The van der Waals surface area contributed by atoms with Crippen LogP contribution in [0.4, 0.5) is 5.69 Å². The minimum atomic E-state index is -4.23. The smallest absolute Gasteiger partial charge is 0.264 e. The fourth-order valence-electron chi connectivity index (χ4n) is 5.17. The highest BCUT2D eigenvalue weighted by Crippen LogP contribution is 2.35. The van der Waals surface area contributed by atoms with Crippen LogP contribution in [-0.4, -0.2) is 50.3 Å². The van der Waals surface area contributed by atoms with Crippen molar-refractivity contribution in [3.05, 3.63) is 94.0 Å². The van der Waals surface area contributed by atoms with Crippen LogP contribution >= 0.6 is 23.2 Å². The van der Waals surface area contributed by atoms with Gasteiger partial charge < -0.3 is 10.2 Å². The summed E-state index contributed by atoms with van der Waals surface area (Å²) in [5, 5.41) is 3.29. The fraction of sp³-hybridized carbons (Fsp3) is 0.375. The summed E-state index contributed by atoms with van der Waals surface area (Å²) in [7, 11) is -4.23. The number of amides is 2. The van der Waals surface area contributed by atoms with Crippen molar-refractivity contribution in [2.45, 2.75) is 69.4 Å². The molecule has 7 nitrogen and oxygen atoms in total. The molecular weight excluding hydrogens is 593 g/mol. The summed E-state index contributed by atoms with van der Waals surface area (Å²) < 4.78 is 29.0. The number of carbonyl (C=O) groups is 2. The average molecular weight is 631 g/mol. The predicted octanol–water partition coefficient (Wildman–Crippen LogP) is 6.41. The molecule has 224 valence electrons. The van der Waals surface area contributed by atoms with Crippen LogP contribution in [0.2, 0.25) is 10.0 Å². The first-order valence-electron chi connectivity index (χ1n) is 14.2. The van der Waals surface area contributed by atoms with Crippen LogP contribution < -0.4 is 9.62 Å². The lowest BCUT2D eigenvalue weighted by Crippen LogP contribution is -2.53.